The molecule has 2 fully saturated rings. The quantitative estimate of drug-likeness (QED) is 0.684. The Balaban J connectivity index is 0.000000224. The lowest BCUT2D eigenvalue weighted by Gasteiger charge is -2.38. The van der Waals surface area contributed by atoms with Crippen molar-refractivity contribution in [2.45, 2.75) is 71.9 Å². The third-order valence-corrected chi connectivity index (χ3v) is 6.21. The van der Waals surface area contributed by atoms with Crippen molar-refractivity contribution in [3.63, 3.8) is 0 Å². The van der Waals surface area contributed by atoms with E-state index < -0.39 is 9.84 Å². The molecule has 0 radical (unpaired) electrons. The highest BCUT2D eigenvalue weighted by Crippen LogP contribution is 2.19. The number of piperidine rings is 1. The lowest BCUT2D eigenvalue weighted by Crippen LogP contribution is -2.49. The van der Waals surface area contributed by atoms with Crippen molar-refractivity contribution in [3.05, 3.63) is 0 Å². The molecule has 0 aromatic carbocycles. The van der Waals surface area contributed by atoms with Crippen LogP contribution < -0.4 is 0 Å². The highest BCUT2D eigenvalue weighted by Gasteiger charge is 2.28. The van der Waals surface area contributed by atoms with E-state index in [0.717, 1.165) is 0 Å². The van der Waals surface area contributed by atoms with Crippen LogP contribution in [0.4, 0.5) is 0 Å². The topological polar surface area (TPSA) is 40.6 Å². The molecule has 0 aromatic rings. The van der Waals surface area contributed by atoms with Crippen LogP contribution in [0.2, 0.25) is 0 Å². The second-order valence-electron chi connectivity index (χ2n) is 8.53. The zero-order valence-electron chi connectivity index (χ0n) is 15.5. The van der Waals surface area contributed by atoms with Gasteiger partial charge in [0.05, 0.1) is 11.5 Å². The maximum absolute atomic E-state index is 11.1. The van der Waals surface area contributed by atoms with Crippen LogP contribution in [0.25, 0.3) is 0 Å². The van der Waals surface area contributed by atoms with Crippen LogP contribution in [0.5, 0.6) is 0 Å². The Labute approximate surface area is 138 Å². The molecular formula is C17H36N2O2S. The third kappa shape index (κ3) is 6.97. The highest BCUT2D eigenvalue weighted by molar-refractivity contribution is 7.91. The van der Waals surface area contributed by atoms with Crippen molar-refractivity contribution in [2.75, 3.05) is 37.7 Å². The minimum absolute atomic E-state index is 0.107. The van der Waals surface area contributed by atoms with Gasteiger partial charge in [0, 0.05) is 24.2 Å². The summed E-state index contributed by atoms with van der Waals surface area (Å²) in [5.74, 6) is 0.647. The molecule has 0 bridgehead atoms. The van der Waals surface area contributed by atoms with Gasteiger partial charge in [-0.15, -0.1) is 0 Å². The minimum Gasteiger partial charge on any atom is -0.298 e. The molecule has 2 heterocycles. The summed E-state index contributed by atoms with van der Waals surface area (Å²) in [7, 11) is -2.72. The van der Waals surface area contributed by atoms with Crippen LogP contribution in [0, 0.1) is 0 Å². The first-order valence-electron chi connectivity index (χ1n) is 8.62. The van der Waals surface area contributed by atoms with E-state index in [9.17, 15) is 8.42 Å². The molecule has 132 valence electrons. The summed E-state index contributed by atoms with van der Waals surface area (Å²) in [5.41, 5.74) is 0.510. The zero-order chi connectivity index (χ0) is 17.0. The standard InChI is InChI=1S/C9H19N.C8H17NO2S/c1-9(2,3)10-7-5-4-6-8-10;1-8(2,3)9-4-6-12(10,11)7-5-9/h4-8H2,1-3H3;4-7H2,1-3H3. The molecule has 2 saturated heterocycles. The molecule has 5 heteroatoms. The fourth-order valence-electron chi connectivity index (χ4n) is 2.95. The lowest BCUT2D eigenvalue weighted by molar-refractivity contribution is 0.111. The van der Waals surface area contributed by atoms with Gasteiger partial charge in [-0.2, -0.15) is 0 Å². The molecule has 0 unspecified atom stereocenters. The van der Waals surface area contributed by atoms with Crippen molar-refractivity contribution in [2.24, 2.45) is 0 Å². The molecule has 22 heavy (non-hydrogen) atoms. The van der Waals surface area contributed by atoms with Crippen molar-refractivity contribution in [3.8, 4) is 0 Å². The van der Waals surface area contributed by atoms with Gasteiger partial charge in [0.25, 0.3) is 0 Å². The van der Waals surface area contributed by atoms with Crippen LogP contribution in [-0.2, 0) is 9.84 Å². The van der Waals surface area contributed by atoms with Gasteiger partial charge < -0.3 is 0 Å². The minimum atomic E-state index is -2.72. The predicted octanol–water partition coefficient (Wildman–Crippen LogP) is 2.79. The van der Waals surface area contributed by atoms with Gasteiger partial charge in [0.2, 0.25) is 0 Å². The van der Waals surface area contributed by atoms with E-state index in [1.54, 1.807) is 0 Å². The van der Waals surface area contributed by atoms with Crippen molar-refractivity contribution < 1.29 is 8.42 Å². The number of nitrogens with zero attached hydrogens (tertiary/aromatic N) is 2. The Morgan fingerprint density at radius 3 is 1.32 bits per heavy atom. The number of hydrogen-bond acceptors (Lipinski definition) is 4. The van der Waals surface area contributed by atoms with E-state index in [2.05, 4.69) is 51.3 Å². The molecular weight excluding hydrogens is 296 g/mol. The first kappa shape index (κ1) is 19.9. The van der Waals surface area contributed by atoms with Gasteiger partial charge in [-0.1, -0.05) is 6.42 Å². The Hall–Kier alpha value is -0.130. The van der Waals surface area contributed by atoms with Crippen LogP contribution in [0.1, 0.15) is 60.8 Å². The van der Waals surface area contributed by atoms with Gasteiger partial charge in [-0.05, 0) is 67.5 Å². The molecule has 2 rings (SSSR count). The smallest absolute Gasteiger partial charge is 0.152 e. The number of likely N-dealkylation sites (tertiary alicyclic amines) is 1. The van der Waals surface area contributed by atoms with E-state index in [1.807, 2.05) is 0 Å². The maximum Gasteiger partial charge on any atom is 0.152 e. The molecule has 0 saturated carbocycles. The van der Waals surface area contributed by atoms with Gasteiger partial charge >= 0.3 is 0 Å². The number of hydrogen-bond donors (Lipinski definition) is 0. The SMILES string of the molecule is CC(C)(C)N1CCCCC1.CC(C)(C)N1CCS(=O)(=O)CC1. The van der Waals surface area contributed by atoms with Gasteiger partial charge in [0.15, 0.2) is 9.84 Å². The summed E-state index contributed by atoms with van der Waals surface area (Å²) in [6.45, 7) is 17.3. The molecule has 4 nitrogen and oxygen atoms in total. The Kier molecular flexibility index (Phi) is 6.90. The molecule has 2 aliphatic heterocycles. The highest BCUT2D eigenvalue weighted by atomic mass is 32.2. The van der Waals surface area contributed by atoms with Crippen molar-refractivity contribution >= 4 is 9.84 Å². The number of rotatable bonds is 0. The fraction of sp³-hybridized carbons (Fsp3) is 1.00. The predicted molar refractivity (Wildman–Crippen MR) is 95.2 cm³/mol. The first-order valence-corrected chi connectivity index (χ1v) is 10.4. The molecule has 0 aromatic heterocycles. The van der Waals surface area contributed by atoms with E-state index in [1.165, 1.54) is 32.4 Å². The summed E-state index contributed by atoms with van der Waals surface area (Å²) in [6, 6.07) is 0. The van der Waals surface area contributed by atoms with E-state index in [4.69, 9.17) is 0 Å². The summed E-state index contributed by atoms with van der Waals surface area (Å²) in [6.07, 6.45) is 4.24. The van der Waals surface area contributed by atoms with Crippen LogP contribution in [0.15, 0.2) is 0 Å². The Morgan fingerprint density at radius 1 is 0.636 bits per heavy atom. The molecule has 2 aliphatic rings. The Bertz CT molecular complexity index is 413. The summed E-state index contributed by atoms with van der Waals surface area (Å²) in [5, 5.41) is 0. The monoisotopic (exact) mass is 332 g/mol. The summed E-state index contributed by atoms with van der Waals surface area (Å²) in [4.78, 5) is 4.80. The molecule has 0 N–H and O–H groups in total. The average molecular weight is 333 g/mol. The normalized spacial score (nSPS) is 24.5. The molecule has 0 aliphatic carbocycles. The van der Waals surface area contributed by atoms with E-state index in [0.29, 0.717) is 30.1 Å². The van der Waals surface area contributed by atoms with Gasteiger partial charge in [-0.25, -0.2) is 8.42 Å². The fourth-order valence-corrected chi connectivity index (χ4v) is 4.15. The van der Waals surface area contributed by atoms with Gasteiger partial charge in [-0.3, -0.25) is 9.80 Å². The third-order valence-electron chi connectivity index (χ3n) is 4.60. The lowest BCUT2D eigenvalue weighted by atomic mass is 10.0. The molecule has 0 atom stereocenters. The number of sulfone groups is 1. The van der Waals surface area contributed by atoms with E-state index in [-0.39, 0.29) is 5.54 Å². The summed E-state index contributed by atoms with van der Waals surface area (Å²) < 4.78 is 22.2. The Morgan fingerprint density at radius 2 is 1.00 bits per heavy atom. The largest absolute Gasteiger partial charge is 0.298 e. The maximum atomic E-state index is 11.1. The van der Waals surface area contributed by atoms with Gasteiger partial charge in [0.1, 0.15) is 0 Å². The van der Waals surface area contributed by atoms with Crippen LogP contribution >= 0.6 is 0 Å². The van der Waals surface area contributed by atoms with E-state index >= 15 is 0 Å². The second kappa shape index (κ2) is 7.63. The summed E-state index contributed by atoms with van der Waals surface area (Å²) >= 11 is 0. The van der Waals surface area contributed by atoms with Crippen molar-refractivity contribution in [1.82, 2.24) is 9.80 Å². The first-order chi connectivity index (χ1) is 9.92. The zero-order valence-corrected chi connectivity index (χ0v) is 16.3. The average Bonchev–Trinajstić information content (AvgIpc) is 2.38. The second-order valence-corrected chi connectivity index (χ2v) is 10.8. The van der Waals surface area contributed by atoms with Crippen LogP contribution in [-0.4, -0.2) is 67.0 Å². The molecule has 0 amide bonds. The van der Waals surface area contributed by atoms with Crippen LogP contribution in [0.3, 0.4) is 0 Å². The van der Waals surface area contributed by atoms with Crippen molar-refractivity contribution in [1.29, 1.82) is 0 Å². The molecule has 0 spiro atoms.